The minimum absolute atomic E-state index is 0.0879. The molecule has 1 amide bonds. The van der Waals surface area contributed by atoms with Crippen LogP contribution in [0.5, 0.6) is 5.75 Å². The predicted octanol–water partition coefficient (Wildman–Crippen LogP) is 3.98. The van der Waals surface area contributed by atoms with Gasteiger partial charge in [-0.1, -0.05) is 26.1 Å². The number of rotatable bonds is 7. The molecular weight excluding hydrogens is 364 g/mol. The van der Waals surface area contributed by atoms with Crippen molar-refractivity contribution in [3.05, 3.63) is 89.6 Å². The van der Waals surface area contributed by atoms with Crippen LogP contribution in [0.1, 0.15) is 35.3 Å². The fourth-order valence-corrected chi connectivity index (χ4v) is 3.22. The van der Waals surface area contributed by atoms with Crippen molar-refractivity contribution in [2.24, 2.45) is 0 Å². The van der Waals surface area contributed by atoms with Crippen LogP contribution in [0.15, 0.2) is 78.4 Å². The summed E-state index contributed by atoms with van der Waals surface area (Å²) in [5.74, 6) is -0.358. The molecule has 6 heteroatoms. The molecule has 2 aromatic rings. The number of carbonyl (C=O) groups is 1. The van der Waals surface area contributed by atoms with Gasteiger partial charge in [-0.25, -0.2) is 0 Å². The van der Waals surface area contributed by atoms with Crippen molar-refractivity contribution in [1.29, 1.82) is 0 Å². The molecule has 1 aliphatic carbocycles. The van der Waals surface area contributed by atoms with Gasteiger partial charge in [0.2, 0.25) is 0 Å². The van der Waals surface area contributed by atoms with E-state index in [0.717, 1.165) is 34.5 Å². The third-order valence-corrected chi connectivity index (χ3v) is 4.99. The number of allylic oxidation sites excluding steroid dienone is 2. The number of carbonyl (C=O) groups excluding carboxylic acids is 1. The second-order valence-electron chi connectivity index (χ2n) is 7.12. The lowest BCUT2D eigenvalue weighted by Crippen LogP contribution is -2.31. The molecule has 1 unspecified atom stereocenters. The molecule has 0 saturated heterocycles. The van der Waals surface area contributed by atoms with Crippen molar-refractivity contribution in [3.63, 3.8) is 0 Å². The molecule has 0 bridgehead atoms. The van der Waals surface area contributed by atoms with Crippen molar-refractivity contribution in [2.75, 3.05) is 19.4 Å². The summed E-state index contributed by atoms with van der Waals surface area (Å²) in [6.45, 7) is 10.3. The molecule has 29 heavy (non-hydrogen) atoms. The van der Waals surface area contributed by atoms with Gasteiger partial charge in [0.05, 0.1) is 28.7 Å². The molecule has 3 rings (SSSR count). The first kappa shape index (κ1) is 20.2. The number of nitrogens with zero attached hydrogens (tertiary/aromatic N) is 2. The van der Waals surface area contributed by atoms with E-state index in [0.29, 0.717) is 5.69 Å². The van der Waals surface area contributed by atoms with E-state index in [1.807, 2.05) is 12.1 Å². The second kappa shape index (κ2) is 8.22. The highest BCUT2D eigenvalue weighted by molar-refractivity contribution is 5.98. The maximum atomic E-state index is 12.3. The zero-order valence-electron chi connectivity index (χ0n) is 17.0. The summed E-state index contributed by atoms with van der Waals surface area (Å²) in [6.07, 6.45) is 4.42. The fourth-order valence-electron chi connectivity index (χ4n) is 3.22. The van der Waals surface area contributed by atoms with Crippen LogP contribution in [0.3, 0.4) is 0 Å². The Kier molecular flexibility index (Phi) is 5.73. The molecular formula is C23H26N4O2. The van der Waals surface area contributed by atoms with Gasteiger partial charge < -0.3 is 20.6 Å². The molecule has 6 nitrogen and oxygen atoms in total. The van der Waals surface area contributed by atoms with Gasteiger partial charge in [-0.2, -0.15) is 0 Å². The Bertz CT molecular complexity index is 993. The molecule has 0 saturated carbocycles. The smallest absolute Gasteiger partial charge is 0.257 e. The fraction of sp³-hybridized carbons (Fsp3) is 0.217. The molecule has 0 radical (unpaired) electrons. The normalized spacial score (nSPS) is 14.3. The molecule has 1 aliphatic rings. The van der Waals surface area contributed by atoms with Gasteiger partial charge in [-0.05, 0) is 36.2 Å². The Balaban J connectivity index is 1.90. The maximum Gasteiger partial charge on any atom is 0.257 e. The van der Waals surface area contributed by atoms with E-state index in [2.05, 4.69) is 35.7 Å². The van der Waals surface area contributed by atoms with Crippen molar-refractivity contribution < 1.29 is 9.90 Å². The highest BCUT2D eigenvalue weighted by Crippen LogP contribution is 2.40. The summed E-state index contributed by atoms with van der Waals surface area (Å²) in [7, 11) is 3.29. The van der Waals surface area contributed by atoms with Gasteiger partial charge >= 0.3 is 0 Å². The largest absolute Gasteiger partial charge is 0.505 e. The SMILES string of the molecule is C=C1C(=C)C(NC(CC)c2ccncc2)=C1Nc1cccc(C(=O)N(C)C)c1O. The average molecular weight is 390 g/mol. The van der Waals surface area contributed by atoms with Crippen LogP contribution < -0.4 is 10.6 Å². The van der Waals surface area contributed by atoms with Crippen molar-refractivity contribution in [1.82, 2.24) is 15.2 Å². The Morgan fingerprint density at radius 3 is 2.41 bits per heavy atom. The molecule has 3 N–H and O–H groups in total. The van der Waals surface area contributed by atoms with E-state index in [4.69, 9.17) is 0 Å². The third-order valence-electron chi connectivity index (χ3n) is 4.99. The number of aromatic nitrogens is 1. The summed E-state index contributed by atoms with van der Waals surface area (Å²) in [4.78, 5) is 17.8. The molecule has 1 atom stereocenters. The average Bonchev–Trinajstić information content (AvgIpc) is 2.74. The molecule has 0 spiro atoms. The topological polar surface area (TPSA) is 77.5 Å². The number of amides is 1. The number of para-hydroxylation sites is 1. The van der Waals surface area contributed by atoms with Crippen LogP contribution in [-0.4, -0.2) is 35.0 Å². The van der Waals surface area contributed by atoms with Gasteiger partial charge in [0.15, 0.2) is 5.75 Å². The predicted molar refractivity (Wildman–Crippen MR) is 115 cm³/mol. The lowest BCUT2D eigenvalue weighted by Gasteiger charge is -2.34. The lowest BCUT2D eigenvalue weighted by molar-refractivity contribution is 0.0824. The Labute approximate surface area is 171 Å². The summed E-state index contributed by atoms with van der Waals surface area (Å²) in [6, 6.07) is 9.10. The highest BCUT2D eigenvalue weighted by Gasteiger charge is 2.29. The molecule has 0 aliphatic heterocycles. The first-order chi connectivity index (χ1) is 13.8. The summed E-state index contributed by atoms with van der Waals surface area (Å²) in [5, 5.41) is 17.3. The Morgan fingerprint density at radius 1 is 1.14 bits per heavy atom. The number of anilines is 1. The zero-order valence-corrected chi connectivity index (χ0v) is 17.0. The van der Waals surface area contributed by atoms with E-state index in [1.165, 1.54) is 4.90 Å². The Hall–Kier alpha value is -3.54. The first-order valence-corrected chi connectivity index (χ1v) is 9.45. The highest BCUT2D eigenvalue weighted by atomic mass is 16.3. The summed E-state index contributed by atoms with van der Waals surface area (Å²) in [5.41, 5.74) is 5.00. The number of phenolic OH excluding ortho intramolecular Hbond substituents is 1. The second-order valence-corrected chi connectivity index (χ2v) is 7.12. The quantitative estimate of drug-likeness (QED) is 0.624. The number of pyridine rings is 1. The summed E-state index contributed by atoms with van der Waals surface area (Å²) < 4.78 is 0. The Morgan fingerprint density at radius 2 is 1.79 bits per heavy atom. The number of hydrogen-bond donors (Lipinski definition) is 3. The number of benzene rings is 1. The monoisotopic (exact) mass is 390 g/mol. The number of phenols is 1. The van der Waals surface area contributed by atoms with Crippen molar-refractivity contribution >= 4 is 11.6 Å². The molecule has 1 aromatic carbocycles. The van der Waals surface area contributed by atoms with Crippen LogP contribution >= 0.6 is 0 Å². The van der Waals surface area contributed by atoms with Gasteiger partial charge in [-0.3, -0.25) is 9.78 Å². The molecule has 1 aromatic heterocycles. The van der Waals surface area contributed by atoms with Crippen molar-refractivity contribution in [3.8, 4) is 5.75 Å². The lowest BCUT2D eigenvalue weighted by atomic mass is 9.88. The van der Waals surface area contributed by atoms with Gasteiger partial charge in [0, 0.05) is 37.6 Å². The molecule has 0 fully saturated rings. The minimum Gasteiger partial charge on any atom is -0.505 e. The minimum atomic E-state index is -0.265. The zero-order chi connectivity index (χ0) is 21.1. The van der Waals surface area contributed by atoms with Crippen LogP contribution in [0.25, 0.3) is 0 Å². The summed E-state index contributed by atoms with van der Waals surface area (Å²) >= 11 is 0. The number of hydrogen-bond acceptors (Lipinski definition) is 5. The van der Waals surface area contributed by atoms with Crippen LogP contribution in [-0.2, 0) is 0 Å². The standard InChI is InChI=1S/C23H26N4O2/c1-6-18(16-10-12-24-13-11-16)25-20-14(2)15(3)21(20)26-19-9-7-8-17(22(19)28)23(29)27(4)5/h7-13,18,25-26,28H,2-3,6H2,1,4-5H3. The van der Waals surface area contributed by atoms with E-state index in [-0.39, 0.29) is 23.3 Å². The van der Waals surface area contributed by atoms with Crippen LogP contribution in [0.4, 0.5) is 5.69 Å². The third kappa shape index (κ3) is 3.87. The van der Waals surface area contributed by atoms with Gasteiger partial charge in [-0.15, -0.1) is 0 Å². The van der Waals surface area contributed by atoms with Crippen molar-refractivity contribution in [2.45, 2.75) is 19.4 Å². The maximum absolute atomic E-state index is 12.3. The van der Waals surface area contributed by atoms with E-state index in [9.17, 15) is 9.90 Å². The van der Waals surface area contributed by atoms with Gasteiger partial charge in [0.25, 0.3) is 5.91 Å². The van der Waals surface area contributed by atoms with Crippen LogP contribution in [0.2, 0.25) is 0 Å². The van der Waals surface area contributed by atoms with E-state index >= 15 is 0 Å². The number of aromatic hydroxyl groups is 1. The van der Waals surface area contributed by atoms with Gasteiger partial charge in [0.1, 0.15) is 0 Å². The van der Waals surface area contributed by atoms with E-state index < -0.39 is 0 Å². The van der Waals surface area contributed by atoms with Crippen LogP contribution in [0, 0.1) is 0 Å². The first-order valence-electron chi connectivity index (χ1n) is 9.45. The number of nitrogens with one attached hydrogen (secondary N) is 2. The molecule has 1 heterocycles. The van der Waals surface area contributed by atoms with E-state index in [1.54, 1.807) is 44.7 Å². The molecule has 150 valence electrons.